The Hall–Kier alpha value is -4.78. The quantitative estimate of drug-likeness (QED) is 0.178. The van der Waals surface area contributed by atoms with E-state index in [2.05, 4.69) is 48.7 Å². The fraction of sp³-hybridized carbons (Fsp3) is 0.357. The number of hydrogen-bond acceptors (Lipinski definition) is 3. The van der Waals surface area contributed by atoms with Gasteiger partial charge in [-0.05, 0) is 103 Å². The SMILES string of the molecule is Cc1cccc(C(=O)NC23CCC(C(=O)N[C@H](C(=O)N(C)Cc4ccc(F)cc4)c4ccccc4)(CC2)CC3)c1-c1ccc(C(C)C)cc1.[HH].[HH]. The summed E-state index contributed by atoms with van der Waals surface area (Å²) in [5, 5.41) is 6.57. The van der Waals surface area contributed by atoms with Crippen LogP contribution in [-0.4, -0.2) is 35.2 Å². The number of carbonyl (C=O) groups is 3. The monoisotopic (exact) mass is 663 g/mol. The van der Waals surface area contributed by atoms with E-state index in [9.17, 15) is 18.8 Å². The molecule has 3 saturated carbocycles. The van der Waals surface area contributed by atoms with Crippen LogP contribution in [0.4, 0.5) is 4.39 Å². The summed E-state index contributed by atoms with van der Waals surface area (Å²) in [7, 11) is 1.70. The molecule has 4 aromatic rings. The lowest BCUT2D eigenvalue weighted by Crippen LogP contribution is -2.60. The summed E-state index contributed by atoms with van der Waals surface area (Å²) in [6.45, 7) is 6.68. The van der Waals surface area contributed by atoms with Gasteiger partial charge in [0.1, 0.15) is 11.9 Å². The zero-order chi connectivity index (χ0) is 34.8. The average Bonchev–Trinajstić information content (AvgIpc) is 3.12. The van der Waals surface area contributed by atoms with Crippen molar-refractivity contribution in [3.05, 3.63) is 131 Å². The lowest BCUT2D eigenvalue weighted by Gasteiger charge is -2.52. The van der Waals surface area contributed by atoms with Crippen LogP contribution in [0.2, 0.25) is 0 Å². The van der Waals surface area contributed by atoms with Crippen molar-refractivity contribution >= 4 is 17.7 Å². The lowest BCUT2D eigenvalue weighted by atomic mass is 9.56. The topological polar surface area (TPSA) is 78.5 Å². The maximum Gasteiger partial charge on any atom is 0.252 e. The van der Waals surface area contributed by atoms with Gasteiger partial charge in [-0.3, -0.25) is 14.4 Å². The predicted octanol–water partition coefficient (Wildman–Crippen LogP) is 8.76. The molecule has 3 amide bonds. The van der Waals surface area contributed by atoms with Gasteiger partial charge < -0.3 is 15.5 Å². The molecule has 7 heteroatoms. The number of hydrogen-bond donors (Lipinski definition) is 2. The van der Waals surface area contributed by atoms with E-state index in [1.54, 1.807) is 24.1 Å². The van der Waals surface area contributed by atoms with Crippen LogP contribution >= 0.6 is 0 Å². The van der Waals surface area contributed by atoms with Gasteiger partial charge in [0.05, 0.1) is 0 Å². The summed E-state index contributed by atoms with van der Waals surface area (Å²) < 4.78 is 13.5. The number of nitrogens with zero attached hydrogens (tertiary/aromatic N) is 1. The molecular weight excluding hydrogens is 613 g/mol. The highest BCUT2D eigenvalue weighted by molar-refractivity contribution is 6.02. The average molecular weight is 664 g/mol. The van der Waals surface area contributed by atoms with Crippen LogP contribution in [0.3, 0.4) is 0 Å². The Morgan fingerprint density at radius 1 is 0.796 bits per heavy atom. The minimum Gasteiger partial charge on any atom is -0.347 e. The third-order valence-electron chi connectivity index (χ3n) is 10.9. The molecule has 49 heavy (non-hydrogen) atoms. The van der Waals surface area contributed by atoms with Gasteiger partial charge in [0.25, 0.3) is 5.91 Å². The maximum absolute atomic E-state index is 14.1. The first kappa shape index (κ1) is 34.1. The predicted molar refractivity (Wildman–Crippen MR) is 195 cm³/mol. The number of halogens is 1. The maximum atomic E-state index is 14.1. The zero-order valence-corrected chi connectivity index (χ0v) is 28.9. The van der Waals surface area contributed by atoms with E-state index >= 15 is 0 Å². The second kappa shape index (κ2) is 14.0. The Morgan fingerprint density at radius 3 is 2.04 bits per heavy atom. The molecule has 0 aromatic heterocycles. The van der Waals surface area contributed by atoms with E-state index in [4.69, 9.17) is 0 Å². The molecule has 6 nitrogen and oxygen atoms in total. The third kappa shape index (κ3) is 7.17. The molecule has 0 aliphatic heterocycles. The minimum absolute atomic E-state index is 0. The van der Waals surface area contributed by atoms with Gasteiger partial charge in [-0.15, -0.1) is 0 Å². The molecule has 7 rings (SSSR count). The number of amides is 3. The van der Waals surface area contributed by atoms with Gasteiger partial charge in [0.15, 0.2) is 0 Å². The molecule has 0 heterocycles. The van der Waals surface area contributed by atoms with E-state index in [0.29, 0.717) is 55.6 Å². The molecule has 258 valence electrons. The molecule has 0 saturated heterocycles. The first-order chi connectivity index (χ1) is 23.5. The molecule has 0 unspecified atom stereocenters. The Kier molecular flexibility index (Phi) is 9.73. The number of carbonyl (C=O) groups excluding carboxylic acids is 3. The second-order valence-electron chi connectivity index (χ2n) is 14.4. The second-order valence-corrected chi connectivity index (χ2v) is 14.4. The van der Waals surface area contributed by atoms with E-state index in [-0.39, 0.29) is 38.5 Å². The van der Waals surface area contributed by atoms with Crippen LogP contribution in [0.25, 0.3) is 11.1 Å². The summed E-state index contributed by atoms with van der Waals surface area (Å²) in [6.07, 6.45) is 4.01. The molecule has 1 atom stereocenters. The van der Waals surface area contributed by atoms with Crippen LogP contribution in [0.5, 0.6) is 0 Å². The first-order valence-corrected chi connectivity index (χ1v) is 17.4. The van der Waals surface area contributed by atoms with Crippen molar-refractivity contribution in [2.75, 3.05) is 7.05 Å². The van der Waals surface area contributed by atoms with Crippen LogP contribution < -0.4 is 10.6 Å². The molecule has 0 radical (unpaired) electrons. The zero-order valence-electron chi connectivity index (χ0n) is 28.9. The number of aryl methyl sites for hydroxylation is 1. The summed E-state index contributed by atoms with van der Waals surface area (Å²) in [5.74, 6) is -0.332. The number of benzene rings is 4. The summed E-state index contributed by atoms with van der Waals surface area (Å²) in [4.78, 5) is 43.5. The van der Waals surface area contributed by atoms with Crippen molar-refractivity contribution < 1.29 is 21.6 Å². The fourth-order valence-electron chi connectivity index (χ4n) is 7.68. The summed E-state index contributed by atoms with van der Waals surface area (Å²) in [6, 6.07) is 28.9. The van der Waals surface area contributed by atoms with Gasteiger partial charge in [-0.2, -0.15) is 0 Å². The van der Waals surface area contributed by atoms with Crippen molar-refractivity contribution in [2.45, 2.75) is 83.3 Å². The van der Waals surface area contributed by atoms with Gasteiger partial charge >= 0.3 is 0 Å². The van der Waals surface area contributed by atoms with Crippen LogP contribution in [0.1, 0.15) is 99.8 Å². The number of nitrogens with one attached hydrogen (secondary N) is 2. The first-order valence-electron chi connectivity index (χ1n) is 17.4. The van der Waals surface area contributed by atoms with Crippen LogP contribution in [-0.2, 0) is 16.1 Å². The fourth-order valence-corrected chi connectivity index (χ4v) is 7.68. The molecule has 3 aliphatic rings. The van der Waals surface area contributed by atoms with E-state index < -0.39 is 11.5 Å². The highest BCUT2D eigenvalue weighted by Gasteiger charge is 2.53. The number of likely N-dealkylation sites (N-methyl/N-ethyl adjacent to an activating group) is 1. The van der Waals surface area contributed by atoms with Crippen molar-refractivity contribution in [3.8, 4) is 11.1 Å². The minimum atomic E-state index is -0.851. The smallest absolute Gasteiger partial charge is 0.252 e. The van der Waals surface area contributed by atoms with Gasteiger partial charge in [-0.25, -0.2) is 4.39 Å². The Morgan fingerprint density at radius 2 is 1.43 bits per heavy atom. The normalized spacial score (nSPS) is 20.4. The van der Waals surface area contributed by atoms with Crippen molar-refractivity contribution in [1.82, 2.24) is 15.5 Å². The molecule has 3 fully saturated rings. The standard InChI is InChI=1S/C42H46FN3O3.2H2/c1-28(2)31-15-17-32(18-16-31)36-29(3)9-8-12-35(36)38(47)45-42-24-21-41(22-25-42,23-26-42)40(49)44-37(33-10-6-5-7-11-33)39(48)46(4)27-30-13-19-34(43)20-14-30;;/h5-20,28,37H,21-27H2,1-4H3,(H,44,49)(H,45,47);2*1H/t37-,41?,42?;;/m0../s1. The Bertz CT molecular complexity index is 1810. The highest BCUT2D eigenvalue weighted by atomic mass is 19.1. The number of rotatable bonds is 10. The largest absolute Gasteiger partial charge is 0.347 e. The molecule has 2 N–H and O–H groups in total. The van der Waals surface area contributed by atoms with Crippen molar-refractivity contribution in [1.29, 1.82) is 0 Å². The van der Waals surface area contributed by atoms with E-state index in [1.807, 2.05) is 55.5 Å². The summed E-state index contributed by atoms with van der Waals surface area (Å²) in [5.41, 5.74) is 5.51. The van der Waals surface area contributed by atoms with Gasteiger partial charge in [0, 0.05) is 33.0 Å². The van der Waals surface area contributed by atoms with Crippen molar-refractivity contribution in [3.63, 3.8) is 0 Å². The van der Waals surface area contributed by atoms with E-state index in [1.165, 1.54) is 17.7 Å². The Balaban J connectivity index is 0.00000292. The third-order valence-corrected chi connectivity index (χ3v) is 10.9. The highest BCUT2D eigenvalue weighted by Crippen LogP contribution is 2.53. The Labute approximate surface area is 292 Å². The van der Waals surface area contributed by atoms with Crippen molar-refractivity contribution in [2.24, 2.45) is 5.41 Å². The molecule has 4 aromatic carbocycles. The lowest BCUT2D eigenvalue weighted by molar-refractivity contribution is -0.143. The van der Waals surface area contributed by atoms with Gasteiger partial charge in [0.2, 0.25) is 11.8 Å². The molecule has 3 aliphatic carbocycles. The molecular formula is C42H50FN3O3. The number of fused-ring (bicyclic) bond motifs is 3. The van der Waals surface area contributed by atoms with E-state index in [0.717, 1.165) is 22.3 Å². The summed E-state index contributed by atoms with van der Waals surface area (Å²) >= 11 is 0. The molecule has 2 bridgehead atoms. The molecule has 0 spiro atoms. The van der Waals surface area contributed by atoms with Crippen LogP contribution in [0, 0.1) is 18.2 Å². The van der Waals surface area contributed by atoms with Gasteiger partial charge in [-0.1, -0.05) is 92.7 Å². The van der Waals surface area contributed by atoms with Crippen LogP contribution in [0.15, 0.2) is 97.1 Å².